The lowest BCUT2D eigenvalue weighted by Gasteiger charge is -2.22. The molecule has 1 aromatic carbocycles. The summed E-state index contributed by atoms with van der Waals surface area (Å²) in [5, 5.41) is 12.7. The maximum atomic E-state index is 13.8. The van der Waals surface area contributed by atoms with Gasteiger partial charge in [0.15, 0.2) is 11.6 Å². The van der Waals surface area contributed by atoms with E-state index in [9.17, 15) is 18.4 Å². The van der Waals surface area contributed by atoms with Crippen LogP contribution in [-0.4, -0.2) is 38.2 Å². The molecule has 122 valence electrons. The lowest BCUT2D eigenvalue weighted by Crippen LogP contribution is -2.32. The second-order valence-electron chi connectivity index (χ2n) is 4.99. The average molecular weight is 323 g/mol. The predicted octanol–water partition coefficient (Wildman–Crippen LogP) is 1.82. The summed E-state index contributed by atoms with van der Waals surface area (Å²) in [6.07, 6.45) is 2.50. The van der Waals surface area contributed by atoms with Crippen molar-refractivity contribution in [3.05, 3.63) is 53.4 Å². The number of carbonyl (C=O) groups excluding carboxylic acids is 1. The van der Waals surface area contributed by atoms with Gasteiger partial charge < -0.3 is 10.0 Å². The van der Waals surface area contributed by atoms with Gasteiger partial charge in [-0.15, -0.1) is 0 Å². The van der Waals surface area contributed by atoms with E-state index in [1.807, 2.05) is 0 Å². The fraction of sp³-hybridized carbons (Fsp3) is 0.267. The van der Waals surface area contributed by atoms with Crippen LogP contribution >= 0.6 is 0 Å². The van der Waals surface area contributed by atoms with Gasteiger partial charge in [-0.2, -0.15) is 5.10 Å². The van der Waals surface area contributed by atoms with Crippen molar-refractivity contribution < 1.29 is 23.5 Å². The molecule has 1 aromatic heterocycles. The number of carboxylic acid groups (broad SMARTS) is 1. The zero-order valence-electron chi connectivity index (χ0n) is 12.4. The average Bonchev–Trinajstić information content (AvgIpc) is 2.93. The number of carboxylic acids is 1. The molecule has 0 aliphatic carbocycles. The molecular weight excluding hydrogens is 308 g/mol. The Morgan fingerprint density at radius 1 is 1.35 bits per heavy atom. The second-order valence-corrected chi connectivity index (χ2v) is 4.99. The van der Waals surface area contributed by atoms with Gasteiger partial charge >= 0.3 is 5.97 Å². The van der Waals surface area contributed by atoms with E-state index in [0.717, 1.165) is 11.0 Å². The molecule has 0 aliphatic rings. The lowest BCUT2D eigenvalue weighted by atomic mass is 10.1. The van der Waals surface area contributed by atoms with Gasteiger partial charge in [0.25, 0.3) is 5.91 Å². The molecule has 0 saturated heterocycles. The molecule has 0 saturated carbocycles. The fourth-order valence-corrected chi connectivity index (χ4v) is 2.07. The Morgan fingerprint density at radius 3 is 2.70 bits per heavy atom. The number of rotatable bonds is 6. The van der Waals surface area contributed by atoms with E-state index in [2.05, 4.69) is 5.10 Å². The van der Waals surface area contributed by atoms with Crippen LogP contribution in [0.1, 0.15) is 22.3 Å². The monoisotopic (exact) mass is 323 g/mol. The number of hydrogen-bond acceptors (Lipinski definition) is 3. The van der Waals surface area contributed by atoms with Crippen LogP contribution in [0.3, 0.4) is 0 Å². The number of aliphatic carboxylic acids is 1. The molecule has 1 heterocycles. The first kappa shape index (κ1) is 16.6. The first-order chi connectivity index (χ1) is 10.9. The highest BCUT2D eigenvalue weighted by atomic mass is 19.2. The van der Waals surface area contributed by atoms with Crippen molar-refractivity contribution in [1.82, 2.24) is 14.7 Å². The van der Waals surface area contributed by atoms with Gasteiger partial charge in [-0.25, -0.2) is 8.78 Å². The molecule has 0 spiro atoms. The molecule has 0 aliphatic heterocycles. The van der Waals surface area contributed by atoms with Gasteiger partial charge in [-0.3, -0.25) is 14.3 Å². The van der Waals surface area contributed by atoms with Gasteiger partial charge in [0, 0.05) is 31.9 Å². The summed E-state index contributed by atoms with van der Waals surface area (Å²) in [6.45, 7) is -0.358. The highest BCUT2D eigenvalue weighted by Gasteiger charge is 2.20. The van der Waals surface area contributed by atoms with Crippen molar-refractivity contribution in [3.63, 3.8) is 0 Å². The number of aryl methyl sites for hydroxylation is 1. The van der Waals surface area contributed by atoms with E-state index in [-0.39, 0.29) is 30.6 Å². The van der Waals surface area contributed by atoms with Gasteiger partial charge in [0.2, 0.25) is 0 Å². The molecule has 6 nitrogen and oxygen atoms in total. The van der Waals surface area contributed by atoms with E-state index < -0.39 is 23.5 Å². The van der Waals surface area contributed by atoms with Gasteiger partial charge in [-0.1, -0.05) is 12.1 Å². The largest absolute Gasteiger partial charge is 0.481 e. The van der Waals surface area contributed by atoms with E-state index in [0.29, 0.717) is 0 Å². The first-order valence-corrected chi connectivity index (χ1v) is 6.81. The Hall–Kier alpha value is -2.77. The minimum atomic E-state index is -1.09. The summed E-state index contributed by atoms with van der Waals surface area (Å²) in [4.78, 5) is 24.3. The number of nitrogens with zero attached hydrogens (tertiary/aromatic N) is 3. The first-order valence-electron chi connectivity index (χ1n) is 6.81. The van der Waals surface area contributed by atoms with E-state index in [1.165, 1.54) is 29.2 Å². The predicted molar refractivity (Wildman–Crippen MR) is 76.6 cm³/mol. The third-order valence-electron chi connectivity index (χ3n) is 3.23. The SMILES string of the molecule is Cn1cc(C(=O)N(CCC(=O)O)Cc2cccc(F)c2F)cn1. The van der Waals surface area contributed by atoms with Crippen LogP contribution in [0.4, 0.5) is 8.78 Å². The minimum Gasteiger partial charge on any atom is -0.481 e. The normalized spacial score (nSPS) is 10.6. The molecule has 8 heteroatoms. The molecular formula is C15H15F2N3O3. The molecule has 23 heavy (non-hydrogen) atoms. The topological polar surface area (TPSA) is 75.4 Å². The summed E-state index contributed by atoms with van der Waals surface area (Å²) in [5.74, 6) is -3.65. The number of aromatic nitrogens is 2. The van der Waals surface area contributed by atoms with E-state index >= 15 is 0 Å². The Bertz CT molecular complexity index is 731. The van der Waals surface area contributed by atoms with Crippen molar-refractivity contribution in [2.45, 2.75) is 13.0 Å². The molecule has 0 radical (unpaired) electrons. The Kier molecular flexibility index (Phi) is 5.05. The second kappa shape index (κ2) is 6.99. The maximum Gasteiger partial charge on any atom is 0.305 e. The van der Waals surface area contributed by atoms with Crippen molar-refractivity contribution >= 4 is 11.9 Å². The maximum absolute atomic E-state index is 13.8. The molecule has 1 amide bonds. The molecule has 0 fully saturated rings. The molecule has 2 rings (SSSR count). The third-order valence-corrected chi connectivity index (χ3v) is 3.23. The number of hydrogen-bond donors (Lipinski definition) is 1. The number of carbonyl (C=O) groups is 2. The molecule has 1 N–H and O–H groups in total. The van der Waals surface area contributed by atoms with Crippen LogP contribution in [0.5, 0.6) is 0 Å². The Morgan fingerprint density at radius 2 is 2.09 bits per heavy atom. The highest BCUT2D eigenvalue weighted by Crippen LogP contribution is 2.16. The van der Waals surface area contributed by atoms with Crippen molar-refractivity contribution in [1.29, 1.82) is 0 Å². The highest BCUT2D eigenvalue weighted by molar-refractivity contribution is 5.93. The van der Waals surface area contributed by atoms with Crippen molar-refractivity contribution in [2.75, 3.05) is 6.54 Å². The van der Waals surface area contributed by atoms with Crippen molar-refractivity contribution in [3.8, 4) is 0 Å². The summed E-state index contributed by atoms with van der Waals surface area (Å²) < 4.78 is 28.5. The van der Waals surface area contributed by atoms with Crippen LogP contribution in [0.2, 0.25) is 0 Å². The lowest BCUT2D eigenvalue weighted by molar-refractivity contribution is -0.137. The van der Waals surface area contributed by atoms with E-state index in [4.69, 9.17) is 5.11 Å². The molecule has 0 unspecified atom stereocenters. The van der Waals surface area contributed by atoms with Gasteiger partial charge in [0.1, 0.15) is 0 Å². The summed E-state index contributed by atoms with van der Waals surface area (Å²) >= 11 is 0. The quantitative estimate of drug-likeness (QED) is 0.880. The van der Waals surface area contributed by atoms with Crippen molar-refractivity contribution in [2.24, 2.45) is 7.05 Å². The Balaban J connectivity index is 2.24. The van der Waals surface area contributed by atoms with Crippen LogP contribution < -0.4 is 0 Å². The summed E-state index contributed by atoms with van der Waals surface area (Å²) in [5.41, 5.74) is 0.224. The Labute approximate surface area is 130 Å². The number of benzene rings is 1. The smallest absolute Gasteiger partial charge is 0.305 e. The van der Waals surface area contributed by atoms with Gasteiger partial charge in [0.05, 0.1) is 18.2 Å². The van der Waals surface area contributed by atoms with E-state index in [1.54, 1.807) is 7.05 Å². The summed E-state index contributed by atoms with van der Waals surface area (Å²) in [6, 6.07) is 3.66. The fourth-order valence-electron chi connectivity index (χ4n) is 2.07. The van der Waals surface area contributed by atoms with Gasteiger partial charge in [-0.05, 0) is 6.07 Å². The third kappa shape index (κ3) is 4.12. The zero-order valence-corrected chi connectivity index (χ0v) is 12.4. The molecule has 2 aromatic rings. The van der Waals surface area contributed by atoms with Crippen LogP contribution in [0.25, 0.3) is 0 Å². The minimum absolute atomic E-state index is 0.0207. The number of amides is 1. The van der Waals surface area contributed by atoms with Crippen LogP contribution in [0.15, 0.2) is 30.6 Å². The zero-order chi connectivity index (χ0) is 17.0. The van der Waals surface area contributed by atoms with Crippen LogP contribution in [0, 0.1) is 11.6 Å². The molecule has 0 bridgehead atoms. The van der Waals surface area contributed by atoms with Crippen LogP contribution in [-0.2, 0) is 18.4 Å². The standard InChI is InChI=1S/C15H15F2N3O3/c1-19-8-11(7-18-19)15(23)20(6-5-13(21)22)9-10-3-2-4-12(16)14(10)17/h2-4,7-8H,5-6,9H2,1H3,(H,21,22). The summed E-state index contributed by atoms with van der Waals surface area (Å²) in [7, 11) is 1.63. The number of halogens is 2. The molecule has 0 atom stereocenters.